The lowest BCUT2D eigenvalue weighted by Crippen LogP contribution is -2.42. The minimum atomic E-state index is -0.792. The second-order valence-corrected chi connectivity index (χ2v) is 6.68. The number of imide groups is 1. The van der Waals surface area contributed by atoms with Gasteiger partial charge in [0.2, 0.25) is 5.91 Å². The van der Waals surface area contributed by atoms with Gasteiger partial charge in [-0.15, -0.1) is 0 Å². The first-order chi connectivity index (χ1) is 11.5. The Bertz CT molecular complexity index is 658. The van der Waals surface area contributed by atoms with E-state index in [9.17, 15) is 14.4 Å². The first kappa shape index (κ1) is 16.8. The van der Waals surface area contributed by atoms with Crippen LogP contribution in [0.4, 0.5) is 4.79 Å². The maximum Gasteiger partial charge on any atom is 0.322 e. The van der Waals surface area contributed by atoms with Crippen molar-refractivity contribution in [2.75, 3.05) is 0 Å². The summed E-state index contributed by atoms with van der Waals surface area (Å²) in [6.07, 6.45) is 4.08. The van der Waals surface area contributed by atoms with Gasteiger partial charge in [-0.3, -0.25) is 14.9 Å². The fraction of sp³-hybridized carbons (Fsp3) is 0.471. The van der Waals surface area contributed by atoms with Gasteiger partial charge in [-0.1, -0.05) is 42.6 Å². The highest BCUT2D eigenvalue weighted by Crippen LogP contribution is 2.27. The maximum atomic E-state index is 12.8. The van der Waals surface area contributed by atoms with Gasteiger partial charge < -0.3 is 10.2 Å². The molecule has 1 aliphatic carbocycles. The Hall–Kier alpha value is -2.08. The molecule has 0 bridgehead atoms. The molecule has 1 heterocycles. The van der Waals surface area contributed by atoms with Crippen molar-refractivity contribution < 1.29 is 14.4 Å². The number of urea groups is 1. The van der Waals surface area contributed by atoms with E-state index >= 15 is 0 Å². The number of amides is 4. The smallest absolute Gasteiger partial charge is 0.322 e. The van der Waals surface area contributed by atoms with Crippen LogP contribution in [-0.4, -0.2) is 34.8 Å². The summed E-state index contributed by atoms with van der Waals surface area (Å²) >= 11 is 6.23. The fourth-order valence-corrected chi connectivity index (χ4v) is 3.54. The quantitative estimate of drug-likeness (QED) is 0.800. The predicted molar refractivity (Wildman–Crippen MR) is 89.3 cm³/mol. The number of hydrogen-bond donors (Lipinski definition) is 2. The van der Waals surface area contributed by atoms with Gasteiger partial charge >= 0.3 is 6.03 Å². The van der Waals surface area contributed by atoms with E-state index in [1.165, 1.54) is 0 Å². The molecule has 3 rings (SSSR count). The number of hydrogen-bond acceptors (Lipinski definition) is 3. The molecule has 2 fully saturated rings. The number of rotatable bonds is 5. The number of carbonyl (C=O) groups is 3. The van der Waals surface area contributed by atoms with Gasteiger partial charge in [0.25, 0.3) is 5.91 Å². The molecule has 0 unspecified atom stereocenters. The van der Waals surface area contributed by atoms with E-state index in [1.54, 1.807) is 6.07 Å². The SMILES string of the molecule is O=C1NC(=O)[C@@H](CC(=O)N(Cc2ccccc2Cl)C2CCCC2)N1. The number of halogens is 1. The topological polar surface area (TPSA) is 78.5 Å². The Balaban J connectivity index is 1.74. The van der Waals surface area contributed by atoms with Crippen LogP contribution in [0.1, 0.15) is 37.7 Å². The van der Waals surface area contributed by atoms with Crippen molar-refractivity contribution in [2.45, 2.75) is 50.7 Å². The molecule has 2 N–H and O–H groups in total. The maximum absolute atomic E-state index is 12.8. The minimum absolute atomic E-state index is 0.0292. The summed E-state index contributed by atoms with van der Waals surface area (Å²) < 4.78 is 0. The molecule has 0 aromatic heterocycles. The normalized spacial score (nSPS) is 20.8. The second kappa shape index (κ2) is 7.21. The van der Waals surface area contributed by atoms with Crippen LogP contribution in [0.25, 0.3) is 0 Å². The van der Waals surface area contributed by atoms with E-state index in [0.29, 0.717) is 11.6 Å². The van der Waals surface area contributed by atoms with Crippen molar-refractivity contribution in [1.82, 2.24) is 15.5 Å². The molecule has 1 aliphatic heterocycles. The third-order valence-electron chi connectivity index (χ3n) is 4.62. The Morgan fingerprint density at radius 3 is 2.54 bits per heavy atom. The molecule has 7 heteroatoms. The van der Waals surface area contributed by atoms with Crippen LogP contribution >= 0.6 is 11.6 Å². The monoisotopic (exact) mass is 349 g/mol. The van der Waals surface area contributed by atoms with Crippen LogP contribution in [0.5, 0.6) is 0 Å². The number of carbonyl (C=O) groups excluding carboxylic acids is 3. The number of nitrogens with one attached hydrogen (secondary N) is 2. The molecule has 6 nitrogen and oxygen atoms in total. The predicted octanol–water partition coefficient (Wildman–Crippen LogP) is 2.21. The van der Waals surface area contributed by atoms with E-state index in [4.69, 9.17) is 11.6 Å². The van der Waals surface area contributed by atoms with Crippen LogP contribution in [0.3, 0.4) is 0 Å². The van der Waals surface area contributed by atoms with Gasteiger partial charge in [-0.25, -0.2) is 4.79 Å². The average molecular weight is 350 g/mol. The molecule has 4 amide bonds. The van der Waals surface area contributed by atoms with Gasteiger partial charge in [0.1, 0.15) is 6.04 Å². The zero-order valence-corrected chi connectivity index (χ0v) is 14.0. The lowest BCUT2D eigenvalue weighted by atomic mass is 10.1. The first-order valence-corrected chi connectivity index (χ1v) is 8.56. The standard InChI is InChI=1S/C17H20ClN3O3/c18-13-8-4-1-5-11(13)10-21(12-6-2-3-7-12)15(22)9-14-16(23)20-17(24)19-14/h1,4-5,8,12,14H,2-3,6-7,9-10H2,(H2,19,20,23,24)/t14-/m1/s1. The highest BCUT2D eigenvalue weighted by Gasteiger charge is 2.35. The number of benzene rings is 1. The van der Waals surface area contributed by atoms with E-state index < -0.39 is 18.0 Å². The van der Waals surface area contributed by atoms with Crippen molar-refractivity contribution in [3.8, 4) is 0 Å². The van der Waals surface area contributed by atoms with Gasteiger partial charge in [0.05, 0.1) is 6.42 Å². The van der Waals surface area contributed by atoms with Crippen molar-refractivity contribution in [3.63, 3.8) is 0 Å². The fourth-order valence-electron chi connectivity index (χ4n) is 3.34. The third kappa shape index (κ3) is 3.70. The Labute approximate surface area is 145 Å². The zero-order chi connectivity index (χ0) is 17.1. The van der Waals surface area contributed by atoms with Gasteiger partial charge in [-0.05, 0) is 24.5 Å². The lowest BCUT2D eigenvalue weighted by molar-refractivity contribution is -0.136. The van der Waals surface area contributed by atoms with Crippen molar-refractivity contribution >= 4 is 29.4 Å². The van der Waals surface area contributed by atoms with Gasteiger partial charge in [0.15, 0.2) is 0 Å². The molecule has 1 saturated heterocycles. The lowest BCUT2D eigenvalue weighted by Gasteiger charge is -2.30. The van der Waals surface area contributed by atoms with Crippen molar-refractivity contribution in [1.29, 1.82) is 0 Å². The Morgan fingerprint density at radius 2 is 1.92 bits per heavy atom. The Kier molecular flexibility index (Phi) is 5.04. The molecule has 1 aromatic carbocycles. The van der Waals surface area contributed by atoms with Crippen molar-refractivity contribution in [2.24, 2.45) is 0 Å². The van der Waals surface area contributed by atoms with Crippen LogP contribution in [-0.2, 0) is 16.1 Å². The highest BCUT2D eigenvalue weighted by atomic mass is 35.5. The highest BCUT2D eigenvalue weighted by molar-refractivity contribution is 6.31. The molecule has 128 valence electrons. The Morgan fingerprint density at radius 1 is 1.21 bits per heavy atom. The summed E-state index contributed by atoms with van der Waals surface area (Å²) in [6.45, 7) is 0.422. The van der Waals surface area contributed by atoms with E-state index in [0.717, 1.165) is 31.2 Å². The molecule has 24 heavy (non-hydrogen) atoms. The van der Waals surface area contributed by atoms with Crippen molar-refractivity contribution in [3.05, 3.63) is 34.9 Å². The van der Waals surface area contributed by atoms with Crippen LogP contribution in [0, 0.1) is 0 Å². The summed E-state index contributed by atoms with van der Waals surface area (Å²) in [4.78, 5) is 37.5. The zero-order valence-electron chi connectivity index (χ0n) is 13.3. The third-order valence-corrected chi connectivity index (χ3v) is 4.99. The molecule has 1 aromatic rings. The molecule has 2 aliphatic rings. The average Bonchev–Trinajstić information content (AvgIpc) is 3.17. The summed E-state index contributed by atoms with van der Waals surface area (Å²) in [6, 6.07) is 6.28. The van der Waals surface area contributed by atoms with Crippen LogP contribution < -0.4 is 10.6 Å². The summed E-state index contributed by atoms with van der Waals surface area (Å²) in [5, 5.41) is 5.27. The molecule has 0 spiro atoms. The molecule has 1 saturated carbocycles. The van der Waals surface area contributed by atoms with Gasteiger partial charge in [0, 0.05) is 17.6 Å². The van der Waals surface area contributed by atoms with E-state index in [1.807, 2.05) is 23.1 Å². The summed E-state index contributed by atoms with van der Waals surface area (Å²) in [5.74, 6) is -0.582. The molecular formula is C17H20ClN3O3. The van der Waals surface area contributed by atoms with E-state index in [-0.39, 0.29) is 18.4 Å². The minimum Gasteiger partial charge on any atom is -0.335 e. The molecular weight excluding hydrogens is 330 g/mol. The summed E-state index contributed by atoms with van der Waals surface area (Å²) in [7, 11) is 0. The van der Waals surface area contributed by atoms with Gasteiger partial charge in [-0.2, -0.15) is 0 Å². The van der Waals surface area contributed by atoms with Crippen LogP contribution in [0.15, 0.2) is 24.3 Å². The largest absolute Gasteiger partial charge is 0.335 e. The first-order valence-electron chi connectivity index (χ1n) is 8.19. The summed E-state index contributed by atoms with van der Waals surface area (Å²) in [5.41, 5.74) is 0.888. The second-order valence-electron chi connectivity index (χ2n) is 6.27. The molecule has 0 radical (unpaired) electrons. The number of nitrogens with zero attached hydrogens (tertiary/aromatic N) is 1. The van der Waals surface area contributed by atoms with E-state index in [2.05, 4.69) is 10.6 Å². The van der Waals surface area contributed by atoms with Crippen LogP contribution in [0.2, 0.25) is 5.02 Å². The molecule has 1 atom stereocenters.